The Morgan fingerprint density at radius 1 is 1.53 bits per heavy atom. The zero-order valence-corrected chi connectivity index (χ0v) is 11.9. The van der Waals surface area contributed by atoms with E-state index in [1.807, 2.05) is 0 Å². The van der Waals surface area contributed by atoms with Gasteiger partial charge >= 0.3 is 0 Å². The first-order chi connectivity index (χ1) is 8.15. The monoisotopic (exact) mass is 253 g/mol. The molecule has 0 amide bonds. The van der Waals surface area contributed by atoms with E-state index in [0.29, 0.717) is 5.92 Å². The molecule has 0 bridgehead atoms. The first-order valence-corrected chi connectivity index (χ1v) is 7.39. The molecule has 1 N–H and O–H groups in total. The maximum absolute atomic E-state index is 4.67. The Hall–Kier alpha value is -0.610. The number of rotatable bonds is 7. The molecule has 0 aromatic carbocycles. The summed E-state index contributed by atoms with van der Waals surface area (Å²) < 4.78 is 0. The number of thiazole rings is 1. The topological polar surface area (TPSA) is 28.2 Å². The summed E-state index contributed by atoms with van der Waals surface area (Å²) in [4.78, 5) is 6.97. The molecule has 1 aromatic heterocycles. The average molecular weight is 253 g/mol. The maximum Gasteiger partial charge on any atom is 0.185 e. The number of aromatic nitrogens is 1. The second-order valence-corrected chi connectivity index (χ2v) is 6.31. The second-order valence-electron chi connectivity index (χ2n) is 5.47. The number of anilines is 1. The van der Waals surface area contributed by atoms with E-state index in [2.05, 4.69) is 41.5 Å². The molecule has 3 nitrogen and oxygen atoms in total. The van der Waals surface area contributed by atoms with Gasteiger partial charge in [0.1, 0.15) is 0 Å². The number of nitrogens with zero attached hydrogens (tertiary/aromatic N) is 2. The standard InChI is InChI=1S/C13H23N3S/c1-10(2)6-14-7-12-9-17-13(15-12)16(3)8-11-4-5-11/h9-11,14H,4-8H2,1-3H3. The van der Waals surface area contributed by atoms with Crippen LogP contribution in [0.15, 0.2) is 5.38 Å². The normalized spacial score (nSPS) is 15.5. The van der Waals surface area contributed by atoms with Gasteiger partial charge in [-0.15, -0.1) is 11.3 Å². The van der Waals surface area contributed by atoms with Crippen LogP contribution < -0.4 is 10.2 Å². The summed E-state index contributed by atoms with van der Waals surface area (Å²) in [6, 6.07) is 0. The van der Waals surface area contributed by atoms with Crippen molar-refractivity contribution in [3.05, 3.63) is 11.1 Å². The maximum atomic E-state index is 4.67. The van der Waals surface area contributed by atoms with Crippen LogP contribution in [0.25, 0.3) is 0 Å². The minimum atomic E-state index is 0.700. The molecule has 1 aliphatic carbocycles. The van der Waals surface area contributed by atoms with Crippen molar-refractivity contribution >= 4 is 16.5 Å². The lowest BCUT2D eigenvalue weighted by atomic mass is 10.2. The molecule has 1 aliphatic rings. The summed E-state index contributed by atoms with van der Waals surface area (Å²) in [7, 11) is 2.16. The smallest absolute Gasteiger partial charge is 0.185 e. The average Bonchev–Trinajstić information content (AvgIpc) is 2.94. The van der Waals surface area contributed by atoms with Crippen LogP contribution >= 0.6 is 11.3 Å². The van der Waals surface area contributed by atoms with E-state index in [1.165, 1.54) is 30.2 Å². The molecule has 1 fully saturated rings. The molecule has 96 valence electrons. The van der Waals surface area contributed by atoms with Gasteiger partial charge < -0.3 is 10.2 Å². The minimum absolute atomic E-state index is 0.700. The van der Waals surface area contributed by atoms with Crippen LogP contribution in [0.5, 0.6) is 0 Å². The number of hydrogen-bond acceptors (Lipinski definition) is 4. The van der Waals surface area contributed by atoms with Crippen molar-refractivity contribution in [3.8, 4) is 0 Å². The van der Waals surface area contributed by atoms with Gasteiger partial charge in [0, 0.05) is 25.5 Å². The summed E-state index contributed by atoms with van der Waals surface area (Å²) in [6.45, 7) is 7.58. The predicted octanol–water partition coefficient (Wildman–Crippen LogP) is 2.73. The van der Waals surface area contributed by atoms with E-state index < -0.39 is 0 Å². The molecule has 0 radical (unpaired) electrons. The van der Waals surface area contributed by atoms with Crippen LogP contribution in [-0.2, 0) is 6.54 Å². The molecule has 0 unspecified atom stereocenters. The highest BCUT2D eigenvalue weighted by Gasteiger charge is 2.23. The van der Waals surface area contributed by atoms with Gasteiger partial charge in [0.2, 0.25) is 0 Å². The lowest BCUT2D eigenvalue weighted by Gasteiger charge is -2.14. The molecule has 0 spiro atoms. The first-order valence-electron chi connectivity index (χ1n) is 6.51. The van der Waals surface area contributed by atoms with Gasteiger partial charge in [-0.3, -0.25) is 0 Å². The van der Waals surface area contributed by atoms with Crippen molar-refractivity contribution in [1.29, 1.82) is 0 Å². The third-order valence-electron chi connectivity index (χ3n) is 2.95. The van der Waals surface area contributed by atoms with Crippen molar-refractivity contribution in [2.45, 2.75) is 33.2 Å². The summed E-state index contributed by atoms with van der Waals surface area (Å²) in [5.74, 6) is 1.62. The van der Waals surface area contributed by atoms with Crippen LogP contribution in [0.3, 0.4) is 0 Å². The van der Waals surface area contributed by atoms with Crippen LogP contribution in [0.2, 0.25) is 0 Å². The number of hydrogen-bond donors (Lipinski definition) is 1. The SMILES string of the molecule is CC(C)CNCc1csc(N(C)CC2CC2)n1. The highest BCUT2D eigenvalue weighted by molar-refractivity contribution is 7.13. The van der Waals surface area contributed by atoms with E-state index in [9.17, 15) is 0 Å². The Morgan fingerprint density at radius 3 is 2.94 bits per heavy atom. The van der Waals surface area contributed by atoms with Crippen molar-refractivity contribution in [2.24, 2.45) is 11.8 Å². The lowest BCUT2D eigenvalue weighted by Crippen LogP contribution is -2.21. The molecule has 0 aliphatic heterocycles. The van der Waals surface area contributed by atoms with Gasteiger partial charge in [-0.05, 0) is 31.2 Å². The fourth-order valence-electron chi connectivity index (χ4n) is 1.81. The molecule has 2 rings (SSSR count). The summed E-state index contributed by atoms with van der Waals surface area (Å²) in [6.07, 6.45) is 2.80. The molecule has 0 saturated heterocycles. The van der Waals surface area contributed by atoms with Gasteiger partial charge in [0.05, 0.1) is 5.69 Å². The first kappa shape index (κ1) is 12.8. The van der Waals surface area contributed by atoms with Crippen LogP contribution in [-0.4, -0.2) is 25.1 Å². The zero-order chi connectivity index (χ0) is 12.3. The van der Waals surface area contributed by atoms with Gasteiger partial charge in [-0.25, -0.2) is 4.98 Å². The Balaban J connectivity index is 1.77. The molecular formula is C13H23N3S. The molecule has 1 heterocycles. The van der Waals surface area contributed by atoms with Crippen molar-refractivity contribution < 1.29 is 0 Å². The molecule has 1 aromatic rings. The third kappa shape index (κ3) is 4.28. The molecule has 1 saturated carbocycles. The Kier molecular flexibility index (Phi) is 4.40. The van der Waals surface area contributed by atoms with Gasteiger partial charge in [-0.2, -0.15) is 0 Å². The van der Waals surface area contributed by atoms with Crippen molar-refractivity contribution in [1.82, 2.24) is 10.3 Å². The summed E-state index contributed by atoms with van der Waals surface area (Å²) in [5, 5.41) is 6.77. The van der Waals surface area contributed by atoms with Crippen LogP contribution in [0.1, 0.15) is 32.4 Å². The Labute approximate surface area is 108 Å². The minimum Gasteiger partial charge on any atom is -0.351 e. The quantitative estimate of drug-likeness (QED) is 0.810. The second kappa shape index (κ2) is 5.83. The van der Waals surface area contributed by atoms with Crippen LogP contribution in [0, 0.1) is 11.8 Å². The van der Waals surface area contributed by atoms with Crippen molar-refractivity contribution in [2.75, 3.05) is 25.0 Å². The van der Waals surface area contributed by atoms with Crippen molar-refractivity contribution in [3.63, 3.8) is 0 Å². The predicted molar refractivity (Wildman–Crippen MR) is 74.7 cm³/mol. The van der Waals surface area contributed by atoms with E-state index in [-0.39, 0.29) is 0 Å². The lowest BCUT2D eigenvalue weighted by molar-refractivity contribution is 0.549. The summed E-state index contributed by atoms with van der Waals surface area (Å²) >= 11 is 1.76. The Bertz CT molecular complexity index is 344. The van der Waals surface area contributed by atoms with Gasteiger partial charge in [0.15, 0.2) is 5.13 Å². The van der Waals surface area contributed by atoms with E-state index in [4.69, 9.17) is 0 Å². The van der Waals surface area contributed by atoms with Crippen LogP contribution in [0.4, 0.5) is 5.13 Å². The third-order valence-corrected chi connectivity index (χ3v) is 3.96. The molecule has 0 atom stereocenters. The zero-order valence-electron chi connectivity index (χ0n) is 11.1. The van der Waals surface area contributed by atoms with E-state index >= 15 is 0 Å². The largest absolute Gasteiger partial charge is 0.351 e. The van der Waals surface area contributed by atoms with E-state index in [0.717, 1.165) is 19.0 Å². The molecular weight excluding hydrogens is 230 g/mol. The molecule has 17 heavy (non-hydrogen) atoms. The van der Waals surface area contributed by atoms with E-state index in [1.54, 1.807) is 11.3 Å². The highest BCUT2D eigenvalue weighted by atomic mass is 32.1. The number of nitrogens with one attached hydrogen (secondary N) is 1. The Morgan fingerprint density at radius 2 is 2.29 bits per heavy atom. The fourth-order valence-corrected chi connectivity index (χ4v) is 2.61. The van der Waals surface area contributed by atoms with Gasteiger partial charge in [-0.1, -0.05) is 13.8 Å². The summed E-state index contributed by atoms with van der Waals surface area (Å²) in [5.41, 5.74) is 1.17. The highest BCUT2D eigenvalue weighted by Crippen LogP contribution is 2.31. The molecule has 4 heteroatoms. The fraction of sp³-hybridized carbons (Fsp3) is 0.769. The van der Waals surface area contributed by atoms with Gasteiger partial charge in [0.25, 0.3) is 0 Å².